The first-order chi connectivity index (χ1) is 8.56. The second kappa shape index (κ2) is 7.07. The summed E-state index contributed by atoms with van der Waals surface area (Å²) in [5.41, 5.74) is 0.818. The van der Waals surface area contributed by atoms with Crippen LogP contribution in [0.4, 0.5) is 5.69 Å². The van der Waals surface area contributed by atoms with Crippen molar-refractivity contribution in [1.29, 1.82) is 0 Å². The van der Waals surface area contributed by atoms with E-state index >= 15 is 0 Å². The molecule has 0 aliphatic carbocycles. The van der Waals surface area contributed by atoms with Crippen LogP contribution >= 0.6 is 0 Å². The molecular weight excluding hydrogens is 236 g/mol. The average Bonchev–Trinajstić information content (AvgIpc) is 2.43. The predicted octanol–water partition coefficient (Wildman–Crippen LogP) is -0.816. The molecule has 6 nitrogen and oxygen atoms in total. The van der Waals surface area contributed by atoms with Crippen molar-refractivity contribution < 1.29 is 20.4 Å². The van der Waals surface area contributed by atoms with Gasteiger partial charge in [0.15, 0.2) is 0 Å². The molecule has 0 saturated heterocycles. The monoisotopic (exact) mass is 254 g/mol. The molecule has 0 spiro atoms. The van der Waals surface area contributed by atoms with Gasteiger partial charge < -0.3 is 20.4 Å². The van der Waals surface area contributed by atoms with Gasteiger partial charge in [-0.15, -0.1) is 0 Å². The van der Waals surface area contributed by atoms with Gasteiger partial charge in [0.1, 0.15) is 18.3 Å². The Labute approximate surface area is 105 Å². The van der Waals surface area contributed by atoms with Crippen molar-refractivity contribution in [3.8, 4) is 0 Å². The maximum Gasteiger partial charge on any atom is 0.119 e. The highest BCUT2D eigenvalue weighted by Gasteiger charge is 2.22. The lowest BCUT2D eigenvalue weighted by atomic mass is 10.1. The molecule has 0 fully saturated rings. The van der Waals surface area contributed by atoms with E-state index in [1.54, 1.807) is 7.05 Å². The van der Waals surface area contributed by atoms with Crippen LogP contribution in [0.5, 0.6) is 0 Å². The lowest BCUT2D eigenvalue weighted by Crippen LogP contribution is -2.40. The number of para-hydroxylation sites is 1. The summed E-state index contributed by atoms with van der Waals surface area (Å²) >= 11 is 0. The zero-order valence-corrected chi connectivity index (χ0v) is 10.1. The first kappa shape index (κ1) is 14.6. The fourth-order valence-electron chi connectivity index (χ4n) is 1.30. The Hall–Kier alpha value is -1.47. The van der Waals surface area contributed by atoms with E-state index in [2.05, 4.69) is 5.10 Å². The number of hydrogen-bond donors (Lipinski definition) is 4. The second-order valence-electron chi connectivity index (χ2n) is 3.85. The van der Waals surface area contributed by atoms with Gasteiger partial charge >= 0.3 is 0 Å². The van der Waals surface area contributed by atoms with Gasteiger partial charge in [0.25, 0.3) is 0 Å². The molecule has 0 aliphatic rings. The van der Waals surface area contributed by atoms with E-state index in [4.69, 9.17) is 10.2 Å². The predicted molar refractivity (Wildman–Crippen MR) is 68.4 cm³/mol. The van der Waals surface area contributed by atoms with E-state index in [0.717, 1.165) is 11.9 Å². The van der Waals surface area contributed by atoms with Gasteiger partial charge in [0, 0.05) is 7.05 Å². The van der Waals surface area contributed by atoms with Crippen LogP contribution in [-0.4, -0.2) is 58.6 Å². The Morgan fingerprint density at radius 1 is 1.22 bits per heavy atom. The lowest BCUT2D eigenvalue weighted by molar-refractivity contribution is -0.0541. The van der Waals surface area contributed by atoms with Crippen molar-refractivity contribution in [3.05, 3.63) is 30.3 Å². The van der Waals surface area contributed by atoms with Gasteiger partial charge in [-0.25, -0.2) is 0 Å². The van der Waals surface area contributed by atoms with Crippen LogP contribution in [0.2, 0.25) is 0 Å². The molecule has 1 rings (SSSR count). The lowest BCUT2D eigenvalue weighted by Gasteiger charge is -2.19. The van der Waals surface area contributed by atoms with E-state index < -0.39 is 24.9 Å². The summed E-state index contributed by atoms with van der Waals surface area (Å²) in [6.07, 6.45) is -3.11. The van der Waals surface area contributed by atoms with Gasteiger partial charge in [0.05, 0.1) is 18.5 Å². The van der Waals surface area contributed by atoms with Crippen molar-refractivity contribution in [1.82, 2.24) is 0 Å². The third-order valence-electron chi connectivity index (χ3n) is 2.45. The molecule has 100 valence electrons. The van der Waals surface area contributed by atoms with E-state index in [1.807, 2.05) is 30.3 Å². The highest BCUT2D eigenvalue weighted by Crippen LogP contribution is 2.10. The standard InChI is InChI=1S/C12H18N2O4/c1-14(9-5-3-2-4-6-9)13-7-10(16)12(18)11(17)8-15/h2-7,10-12,15-18H,8H2,1H3/b13-7-/t10-,11+,12-/m0/s1. The SMILES string of the molecule is CN(/N=C\[C@H](O)[C@H](O)[C@H](O)CO)c1ccccc1. The average molecular weight is 254 g/mol. The van der Waals surface area contributed by atoms with Gasteiger partial charge in [-0.1, -0.05) is 18.2 Å². The Kier molecular flexibility index (Phi) is 5.73. The number of aliphatic hydroxyl groups is 4. The maximum absolute atomic E-state index is 9.52. The van der Waals surface area contributed by atoms with Crippen molar-refractivity contribution >= 4 is 11.9 Å². The topological polar surface area (TPSA) is 96.5 Å². The van der Waals surface area contributed by atoms with Crippen LogP contribution in [0.25, 0.3) is 0 Å². The summed E-state index contributed by atoms with van der Waals surface area (Å²) in [6.45, 7) is -0.624. The normalized spacial score (nSPS) is 16.5. The first-order valence-corrected chi connectivity index (χ1v) is 5.54. The Morgan fingerprint density at radius 3 is 2.39 bits per heavy atom. The van der Waals surface area contributed by atoms with Gasteiger partial charge in [-0.3, -0.25) is 5.01 Å². The second-order valence-corrected chi connectivity index (χ2v) is 3.85. The number of nitrogens with zero attached hydrogens (tertiary/aromatic N) is 2. The van der Waals surface area contributed by atoms with E-state index in [-0.39, 0.29) is 0 Å². The first-order valence-electron chi connectivity index (χ1n) is 5.54. The van der Waals surface area contributed by atoms with Crippen LogP contribution < -0.4 is 5.01 Å². The van der Waals surface area contributed by atoms with Crippen molar-refractivity contribution in [2.75, 3.05) is 18.7 Å². The van der Waals surface area contributed by atoms with Crippen LogP contribution in [0.1, 0.15) is 0 Å². The number of anilines is 1. The zero-order valence-electron chi connectivity index (χ0n) is 10.1. The third-order valence-corrected chi connectivity index (χ3v) is 2.45. The molecule has 18 heavy (non-hydrogen) atoms. The highest BCUT2D eigenvalue weighted by atomic mass is 16.4. The quantitative estimate of drug-likeness (QED) is 0.393. The molecule has 0 unspecified atom stereocenters. The van der Waals surface area contributed by atoms with Gasteiger partial charge in [-0.05, 0) is 12.1 Å². The van der Waals surface area contributed by atoms with E-state index in [1.165, 1.54) is 5.01 Å². The smallest absolute Gasteiger partial charge is 0.119 e. The molecule has 0 aliphatic heterocycles. The minimum atomic E-state index is -1.47. The largest absolute Gasteiger partial charge is 0.394 e. The minimum Gasteiger partial charge on any atom is -0.394 e. The number of rotatable bonds is 6. The summed E-state index contributed by atoms with van der Waals surface area (Å²) in [5.74, 6) is 0. The van der Waals surface area contributed by atoms with Gasteiger partial charge in [-0.2, -0.15) is 5.10 Å². The zero-order chi connectivity index (χ0) is 13.5. The van der Waals surface area contributed by atoms with Crippen molar-refractivity contribution in [2.24, 2.45) is 5.10 Å². The molecule has 0 heterocycles. The molecule has 0 aromatic heterocycles. The van der Waals surface area contributed by atoms with Crippen molar-refractivity contribution in [2.45, 2.75) is 18.3 Å². The van der Waals surface area contributed by atoms with Crippen LogP contribution in [0.3, 0.4) is 0 Å². The summed E-state index contributed by atoms with van der Waals surface area (Å²) in [7, 11) is 1.69. The summed E-state index contributed by atoms with van der Waals surface area (Å²) in [5, 5.41) is 42.1. The Bertz CT molecular complexity index is 372. The third kappa shape index (κ3) is 4.08. The molecule has 1 aromatic rings. The Balaban J connectivity index is 2.58. The Morgan fingerprint density at radius 2 is 1.83 bits per heavy atom. The minimum absolute atomic E-state index is 0.624. The molecule has 3 atom stereocenters. The summed E-state index contributed by atoms with van der Waals surface area (Å²) in [6, 6.07) is 9.24. The summed E-state index contributed by atoms with van der Waals surface area (Å²) < 4.78 is 0. The maximum atomic E-state index is 9.52. The van der Waals surface area contributed by atoms with Gasteiger partial charge in [0.2, 0.25) is 0 Å². The number of hydrazone groups is 1. The van der Waals surface area contributed by atoms with Crippen molar-refractivity contribution in [3.63, 3.8) is 0 Å². The molecule has 0 amide bonds. The molecular formula is C12H18N2O4. The number of hydrogen-bond acceptors (Lipinski definition) is 6. The number of aliphatic hydroxyl groups excluding tert-OH is 4. The molecule has 0 radical (unpaired) electrons. The molecule has 0 saturated carbocycles. The van der Waals surface area contributed by atoms with E-state index in [9.17, 15) is 10.2 Å². The van der Waals surface area contributed by atoms with Crippen LogP contribution in [0, 0.1) is 0 Å². The van der Waals surface area contributed by atoms with Crippen LogP contribution in [0.15, 0.2) is 35.4 Å². The van der Waals surface area contributed by atoms with E-state index in [0.29, 0.717) is 0 Å². The molecule has 0 bridgehead atoms. The summed E-state index contributed by atoms with van der Waals surface area (Å²) in [4.78, 5) is 0. The molecule has 1 aromatic carbocycles. The molecule has 6 heteroatoms. The molecule has 4 N–H and O–H groups in total. The fourth-order valence-corrected chi connectivity index (χ4v) is 1.30. The number of benzene rings is 1. The fraction of sp³-hybridized carbons (Fsp3) is 0.417. The highest BCUT2D eigenvalue weighted by molar-refractivity contribution is 5.65. The van der Waals surface area contributed by atoms with Crippen LogP contribution in [-0.2, 0) is 0 Å².